The van der Waals surface area contributed by atoms with Crippen molar-refractivity contribution in [1.82, 2.24) is 0 Å². The van der Waals surface area contributed by atoms with Crippen LogP contribution in [-0.2, 0) is 0 Å². The van der Waals surface area contributed by atoms with Crippen molar-refractivity contribution >= 4 is 18.2 Å². The second-order valence-electron chi connectivity index (χ2n) is 2.94. The number of aliphatic hydroxyl groups excluding tert-OH is 1. The standard InChI is InChI=1S/C7H15NS.CH4O/c1-5-6-8-9-7(2,3)4;1-2/h6H,5H2,1-4H3;2H,1H3/p+1/b8-6+;. The second-order valence-corrected chi connectivity index (χ2v) is 4.61. The monoisotopic (exact) mass is 178 g/mol. The van der Waals surface area contributed by atoms with E-state index in [1.165, 1.54) is 0 Å². The van der Waals surface area contributed by atoms with E-state index in [0.29, 0.717) is 4.75 Å². The van der Waals surface area contributed by atoms with Crippen LogP contribution in [0.15, 0.2) is 0 Å². The van der Waals surface area contributed by atoms with Crippen molar-refractivity contribution in [2.45, 2.75) is 38.9 Å². The van der Waals surface area contributed by atoms with Gasteiger partial charge in [-0.05, 0) is 20.8 Å². The minimum absolute atomic E-state index is 0.325. The Bertz CT molecular complexity index is 96.8. The molecule has 0 aromatic carbocycles. The number of hydrogen-bond acceptors (Lipinski definition) is 2. The first-order valence-corrected chi connectivity index (χ1v) is 4.58. The third-order valence-electron chi connectivity index (χ3n) is 0.653. The number of rotatable bonds is 2. The van der Waals surface area contributed by atoms with E-state index in [2.05, 4.69) is 38.3 Å². The fourth-order valence-corrected chi connectivity index (χ4v) is 0.905. The Morgan fingerprint density at radius 3 is 2.09 bits per heavy atom. The molecule has 0 aliphatic heterocycles. The van der Waals surface area contributed by atoms with Crippen LogP contribution in [0.25, 0.3) is 0 Å². The van der Waals surface area contributed by atoms with Crippen LogP contribution in [0.5, 0.6) is 0 Å². The zero-order chi connectivity index (χ0) is 9.33. The number of nitrogens with one attached hydrogen (secondary N) is 1. The van der Waals surface area contributed by atoms with Crippen molar-refractivity contribution in [2.75, 3.05) is 7.11 Å². The van der Waals surface area contributed by atoms with E-state index < -0.39 is 0 Å². The maximum Gasteiger partial charge on any atom is 0.162 e. The Hall–Kier alpha value is -0.0200. The quantitative estimate of drug-likeness (QED) is 0.480. The van der Waals surface area contributed by atoms with Gasteiger partial charge in [-0.2, -0.15) is 4.40 Å². The summed E-state index contributed by atoms with van der Waals surface area (Å²) in [5.74, 6) is 0. The fourth-order valence-electron chi connectivity index (χ4n) is 0.302. The van der Waals surface area contributed by atoms with E-state index in [1.54, 1.807) is 11.9 Å². The van der Waals surface area contributed by atoms with Gasteiger partial charge in [0, 0.05) is 13.5 Å². The molecule has 0 spiro atoms. The molecule has 68 valence electrons. The first-order chi connectivity index (χ1) is 5.06. The summed E-state index contributed by atoms with van der Waals surface area (Å²) in [4.78, 5) is 0. The third kappa shape index (κ3) is 17.8. The molecule has 11 heavy (non-hydrogen) atoms. The van der Waals surface area contributed by atoms with Crippen LogP contribution in [-0.4, -0.2) is 23.2 Å². The molecule has 0 unspecified atom stereocenters. The van der Waals surface area contributed by atoms with Crippen LogP contribution in [0.4, 0.5) is 0 Å². The molecule has 0 aliphatic rings. The molecular formula is C8H20NOS+. The van der Waals surface area contributed by atoms with Gasteiger partial charge in [-0.15, -0.1) is 0 Å². The minimum Gasteiger partial charge on any atom is -0.400 e. The molecule has 0 atom stereocenters. The van der Waals surface area contributed by atoms with Gasteiger partial charge in [-0.3, -0.25) is 0 Å². The Morgan fingerprint density at radius 2 is 1.82 bits per heavy atom. The highest BCUT2D eigenvalue weighted by molar-refractivity contribution is 7.94. The topological polar surface area (TPSA) is 34.2 Å². The number of aliphatic hydroxyl groups is 1. The molecule has 0 radical (unpaired) electrons. The molecule has 0 heterocycles. The summed E-state index contributed by atoms with van der Waals surface area (Å²) in [6.07, 6.45) is 3.15. The minimum atomic E-state index is 0.325. The molecule has 0 saturated carbocycles. The zero-order valence-electron chi connectivity index (χ0n) is 8.14. The van der Waals surface area contributed by atoms with Crippen molar-refractivity contribution in [3.8, 4) is 0 Å². The molecule has 0 fully saturated rings. The predicted molar refractivity (Wildman–Crippen MR) is 52.8 cm³/mol. The van der Waals surface area contributed by atoms with E-state index in [9.17, 15) is 0 Å². The Morgan fingerprint density at radius 1 is 1.36 bits per heavy atom. The Kier molecular flexibility index (Phi) is 9.96. The fraction of sp³-hybridized carbons (Fsp3) is 0.875. The van der Waals surface area contributed by atoms with E-state index in [-0.39, 0.29) is 0 Å². The highest BCUT2D eigenvalue weighted by Gasteiger charge is 2.14. The van der Waals surface area contributed by atoms with Crippen LogP contribution < -0.4 is 4.40 Å². The lowest BCUT2D eigenvalue weighted by Gasteiger charge is -2.05. The lowest BCUT2D eigenvalue weighted by molar-refractivity contribution is -0.240. The summed E-state index contributed by atoms with van der Waals surface area (Å²) >= 11 is 1.75. The maximum atomic E-state index is 7.00. The predicted octanol–water partition coefficient (Wildman–Crippen LogP) is 0.603. The summed E-state index contributed by atoms with van der Waals surface area (Å²) in [6, 6.07) is 0. The van der Waals surface area contributed by atoms with Gasteiger partial charge in [0.05, 0.1) is 4.75 Å². The van der Waals surface area contributed by atoms with Crippen molar-refractivity contribution in [2.24, 2.45) is 0 Å². The van der Waals surface area contributed by atoms with Gasteiger partial charge in [0.25, 0.3) is 0 Å². The molecule has 0 rings (SSSR count). The van der Waals surface area contributed by atoms with E-state index >= 15 is 0 Å². The van der Waals surface area contributed by atoms with Crippen molar-refractivity contribution in [3.63, 3.8) is 0 Å². The van der Waals surface area contributed by atoms with E-state index in [1.807, 2.05) is 0 Å². The van der Waals surface area contributed by atoms with Crippen molar-refractivity contribution in [1.29, 1.82) is 0 Å². The lowest BCUT2D eigenvalue weighted by atomic mass is 10.3. The van der Waals surface area contributed by atoms with E-state index in [4.69, 9.17) is 5.11 Å². The Balaban J connectivity index is 0. The molecule has 2 N–H and O–H groups in total. The molecular weight excluding hydrogens is 158 g/mol. The van der Waals surface area contributed by atoms with Crippen LogP contribution in [0.1, 0.15) is 34.1 Å². The van der Waals surface area contributed by atoms with Gasteiger partial charge in [0.15, 0.2) is 18.2 Å². The third-order valence-corrected chi connectivity index (χ3v) is 1.55. The first-order valence-electron chi connectivity index (χ1n) is 3.76. The molecule has 0 aromatic heterocycles. The largest absolute Gasteiger partial charge is 0.400 e. The summed E-state index contributed by atoms with van der Waals surface area (Å²) in [6.45, 7) is 8.69. The number of hydrogen-bond donors (Lipinski definition) is 2. The molecule has 0 bridgehead atoms. The molecule has 0 aromatic rings. The van der Waals surface area contributed by atoms with Gasteiger partial charge in [-0.1, -0.05) is 6.92 Å². The van der Waals surface area contributed by atoms with E-state index in [0.717, 1.165) is 13.5 Å². The maximum absolute atomic E-state index is 7.00. The smallest absolute Gasteiger partial charge is 0.162 e. The van der Waals surface area contributed by atoms with Gasteiger partial charge < -0.3 is 5.11 Å². The van der Waals surface area contributed by atoms with Crippen LogP contribution in [0.3, 0.4) is 0 Å². The van der Waals surface area contributed by atoms with Crippen LogP contribution in [0.2, 0.25) is 0 Å². The van der Waals surface area contributed by atoms with Gasteiger partial charge >= 0.3 is 0 Å². The summed E-state index contributed by atoms with van der Waals surface area (Å²) < 4.78 is 3.49. The lowest BCUT2D eigenvalue weighted by Crippen LogP contribution is -2.61. The van der Waals surface area contributed by atoms with Crippen molar-refractivity contribution < 1.29 is 9.50 Å². The molecule has 2 nitrogen and oxygen atoms in total. The summed E-state index contributed by atoms with van der Waals surface area (Å²) in [5.41, 5.74) is 0. The second kappa shape index (κ2) is 8.08. The average molecular weight is 178 g/mol. The van der Waals surface area contributed by atoms with Gasteiger partial charge in [-0.25, -0.2) is 0 Å². The highest BCUT2D eigenvalue weighted by Crippen LogP contribution is 2.13. The summed E-state index contributed by atoms with van der Waals surface area (Å²) in [5, 5.41) is 7.00. The average Bonchev–Trinajstić information content (AvgIpc) is 1.90. The molecule has 3 heteroatoms. The van der Waals surface area contributed by atoms with Gasteiger partial charge in [0.2, 0.25) is 0 Å². The zero-order valence-corrected chi connectivity index (χ0v) is 8.96. The van der Waals surface area contributed by atoms with Gasteiger partial charge in [0.1, 0.15) is 0 Å². The molecule has 0 aliphatic carbocycles. The molecule has 0 amide bonds. The van der Waals surface area contributed by atoms with Crippen LogP contribution in [0, 0.1) is 0 Å². The van der Waals surface area contributed by atoms with Crippen molar-refractivity contribution in [3.05, 3.63) is 0 Å². The SMILES string of the molecule is CC/C=[NH+]/SC(C)(C)C.CO. The summed E-state index contributed by atoms with van der Waals surface area (Å²) in [7, 11) is 1.00. The molecule has 0 saturated heterocycles. The van der Waals surface area contributed by atoms with Crippen LogP contribution >= 0.6 is 11.9 Å². The first kappa shape index (κ1) is 13.6. The highest BCUT2D eigenvalue weighted by atomic mass is 32.2. The Labute approximate surface area is 74.2 Å². The normalized spacial score (nSPS) is 11.1.